The summed E-state index contributed by atoms with van der Waals surface area (Å²) in [5.41, 5.74) is -0.513. The SMILES string of the molecule is COc1c(NC(=O)c2ccc(NC(=O)c3ccc(NC(=O)[C@H](CC#N)NC(=O)c4ccc(NS(=O)(=O)c5ccc(F)cc5)cc4)cc3)c(OC)c2O)ccc(C(=O)O)c1O. The molecule has 0 aliphatic heterocycles. The summed E-state index contributed by atoms with van der Waals surface area (Å²) in [6.07, 6.45) is -0.416. The normalized spacial score (nSPS) is 11.2. The minimum absolute atomic E-state index is 0.0361. The van der Waals surface area contributed by atoms with Crippen LogP contribution in [-0.4, -0.2) is 73.6 Å². The van der Waals surface area contributed by atoms with E-state index in [9.17, 15) is 57.4 Å². The van der Waals surface area contributed by atoms with Crippen molar-refractivity contribution in [1.29, 1.82) is 5.26 Å². The van der Waals surface area contributed by atoms with Crippen LogP contribution in [0.4, 0.5) is 27.1 Å². The largest absolute Gasteiger partial charge is 0.504 e. The minimum Gasteiger partial charge on any atom is -0.504 e. The number of carbonyl (C=O) groups excluding carboxylic acids is 4. The van der Waals surface area contributed by atoms with Crippen LogP contribution in [0.2, 0.25) is 0 Å². The number of phenolic OH excluding ortho intramolecular Hbond substituents is 1. The van der Waals surface area contributed by atoms with Gasteiger partial charge >= 0.3 is 5.97 Å². The topological polar surface area (TPSA) is 283 Å². The Morgan fingerprint density at radius 2 is 1.18 bits per heavy atom. The molecule has 20 heteroatoms. The number of phenols is 2. The van der Waals surface area contributed by atoms with Crippen LogP contribution in [0, 0.1) is 17.1 Å². The number of halogens is 1. The van der Waals surface area contributed by atoms with Gasteiger partial charge in [0.2, 0.25) is 5.91 Å². The van der Waals surface area contributed by atoms with Crippen LogP contribution < -0.4 is 35.5 Å². The summed E-state index contributed by atoms with van der Waals surface area (Å²) in [6.45, 7) is 0. The van der Waals surface area contributed by atoms with Gasteiger partial charge in [0.25, 0.3) is 27.7 Å². The summed E-state index contributed by atoms with van der Waals surface area (Å²) >= 11 is 0. The Hall–Kier alpha value is -8.18. The Labute approximate surface area is 340 Å². The Bertz CT molecular complexity index is 2630. The quantitative estimate of drug-likeness (QED) is 0.0697. The van der Waals surface area contributed by atoms with E-state index in [2.05, 4.69) is 26.0 Å². The number of methoxy groups -OCH3 is 2. The highest BCUT2D eigenvalue weighted by Gasteiger charge is 2.25. The van der Waals surface area contributed by atoms with Crippen LogP contribution in [-0.2, 0) is 14.8 Å². The van der Waals surface area contributed by atoms with Gasteiger partial charge in [0.05, 0.1) is 48.5 Å². The molecule has 0 saturated carbocycles. The summed E-state index contributed by atoms with van der Waals surface area (Å²) in [6, 6.07) is 20.0. The molecule has 60 heavy (non-hydrogen) atoms. The number of anilines is 4. The fourth-order valence-electron chi connectivity index (χ4n) is 5.49. The molecule has 308 valence electrons. The number of nitriles is 1. The smallest absolute Gasteiger partial charge is 0.339 e. The highest BCUT2D eigenvalue weighted by atomic mass is 32.2. The van der Waals surface area contributed by atoms with Crippen LogP contribution in [0.5, 0.6) is 23.0 Å². The maximum atomic E-state index is 13.2. The summed E-state index contributed by atoms with van der Waals surface area (Å²) in [4.78, 5) is 63.5. The van der Waals surface area contributed by atoms with Crippen LogP contribution in [0.15, 0.2) is 102 Å². The third kappa shape index (κ3) is 9.85. The number of aromatic hydroxyl groups is 2. The van der Waals surface area contributed by atoms with Crippen LogP contribution in [0.25, 0.3) is 0 Å². The molecule has 0 aliphatic carbocycles. The molecule has 0 aliphatic rings. The van der Waals surface area contributed by atoms with Gasteiger partial charge in [-0.2, -0.15) is 5.26 Å². The number of nitrogens with one attached hydrogen (secondary N) is 5. The number of carbonyl (C=O) groups is 5. The Kier molecular flexibility index (Phi) is 13.2. The highest BCUT2D eigenvalue weighted by molar-refractivity contribution is 7.92. The first-order valence-corrected chi connectivity index (χ1v) is 18.7. The molecule has 0 spiro atoms. The van der Waals surface area contributed by atoms with Crippen molar-refractivity contribution in [3.8, 4) is 29.1 Å². The Balaban J connectivity index is 1.20. The zero-order valence-corrected chi connectivity index (χ0v) is 32.1. The molecule has 0 saturated heterocycles. The first-order valence-electron chi connectivity index (χ1n) is 17.2. The molecule has 18 nitrogen and oxygen atoms in total. The van der Waals surface area contributed by atoms with E-state index < -0.39 is 75.0 Å². The van der Waals surface area contributed by atoms with Gasteiger partial charge in [0.1, 0.15) is 17.4 Å². The number of nitrogens with zero attached hydrogens (tertiary/aromatic N) is 1. The maximum absolute atomic E-state index is 13.2. The summed E-state index contributed by atoms with van der Waals surface area (Å²) in [5.74, 6) is -7.16. The lowest BCUT2D eigenvalue weighted by Crippen LogP contribution is -2.43. The molecule has 5 aromatic rings. The molecule has 0 unspecified atom stereocenters. The molecule has 5 aromatic carbocycles. The number of hydrogen-bond acceptors (Lipinski definition) is 12. The van der Waals surface area contributed by atoms with Crippen molar-refractivity contribution >= 4 is 62.4 Å². The second-order valence-corrected chi connectivity index (χ2v) is 14.1. The maximum Gasteiger partial charge on any atom is 0.339 e. The number of rotatable bonds is 15. The van der Waals surface area contributed by atoms with E-state index in [1.165, 1.54) is 73.8 Å². The molecule has 5 rings (SSSR count). The van der Waals surface area contributed by atoms with E-state index in [4.69, 9.17) is 9.47 Å². The molecule has 4 amide bonds. The summed E-state index contributed by atoms with van der Waals surface area (Å²) in [5, 5.41) is 49.7. The van der Waals surface area contributed by atoms with Gasteiger partial charge in [0.15, 0.2) is 23.0 Å². The van der Waals surface area contributed by atoms with Crippen LogP contribution >= 0.6 is 0 Å². The summed E-state index contributed by atoms with van der Waals surface area (Å²) in [7, 11) is -1.72. The zero-order chi connectivity index (χ0) is 43.7. The van der Waals surface area contributed by atoms with Gasteiger partial charge in [-0.3, -0.25) is 23.9 Å². The zero-order valence-electron chi connectivity index (χ0n) is 31.3. The number of benzene rings is 5. The van der Waals surface area contributed by atoms with E-state index in [1.807, 2.05) is 6.07 Å². The number of sulfonamides is 1. The lowest BCUT2D eigenvalue weighted by molar-refractivity contribution is -0.117. The van der Waals surface area contributed by atoms with E-state index in [0.717, 1.165) is 37.4 Å². The molecule has 0 radical (unpaired) electrons. The standard InChI is InChI=1S/C40H33FN6O12S/c1-58-34-29(17-15-27(32(34)48)38(52)45-30-18-16-28(40(54)55)33(49)35(30)59-2)44-36(50)21-3-9-24(10-4-21)43-39(53)31(19-20-42)46-37(51)22-5-11-25(12-6-22)47-60(56,57)26-13-7-23(41)8-14-26/h3-18,31,47-49H,19H2,1-2H3,(H,43,53)(H,44,50)(H,45,52)(H,46,51)(H,54,55)/t31-/m0/s1. The van der Waals surface area contributed by atoms with E-state index in [1.54, 1.807) is 0 Å². The molecule has 1 atom stereocenters. The van der Waals surface area contributed by atoms with Crippen molar-refractivity contribution in [3.63, 3.8) is 0 Å². The van der Waals surface area contributed by atoms with Crippen molar-refractivity contribution in [1.82, 2.24) is 5.32 Å². The first-order chi connectivity index (χ1) is 28.6. The minimum atomic E-state index is -4.05. The van der Waals surface area contributed by atoms with Crippen molar-refractivity contribution in [3.05, 3.63) is 125 Å². The van der Waals surface area contributed by atoms with Gasteiger partial charge in [-0.15, -0.1) is 0 Å². The van der Waals surface area contributed by atoms with Crippen LogP contribution in [0.3, 0.4) is 0 Å². The fraction of sp³-hybridized carbons (Fsp3) is 0.100. The lowest BCUT2D eigenvalue weighted by Gasteiger charge is -2.17. The average Bonchev–Trinajstić information content (AvgIpc) is 3.21. The number of carboxylic acid groups (broad SMARTS) is 1. The molecule has 0 bridgehead atoms. The molecule has 8 N–H and O–H groups in total. The number of hydrogen-bond donors (Lipinski definition) is 8. The molecule has 0 heterocycles. The third-order valence-corrected chi connectivity index (χ3v) is 9.89. The first kappa shape index (κ1) is 43.0. The van der Waals surface area contributed by atoms with E-state index in [0.29, 0.717) is 0 Å². The number of aromatic carboxylic acids is 1. The number of ether oxygens (including phenoxy) is 2. The van der Waals surface area contributed by atoms with E-state index in [-0.39, 0.29) is 55.8 Å². The van der Waals surface area contributed by atoms with Gasteiger partial charge in [-0.05, 0) is 97.1 Å². The molecular formula is C40H33FN6O12S. The number of carboxylic acids is 1. The van der Waals surface area contributed by atoms with Crippen LogP contribution in [0.1, 0.15) is 47.9 Å². The molecular weight excluding hydrogens is 808 g/mol. The summed E-state index contributed by atoms with van der Waals surface area (Å²) < 4.78 is 51.0. The highest BCUT2D eigenvalue weighted by Crippen LogP contribution is 2.40. The average molecular weight is 841 g/mol. The third-order valence-electron chi connectivity index (χ3n) is 8.50. The van der Waals surface area contributed by atoms with Gasteiger partial charge in [0, 0.05) is 22.5 Å². The van der Waals surface area contributed by atoms with Crippen molar-refractivity contribution in [2.45, 2.75) is 17.4 Å². The predicted octanol–water partition coefficient (Wildman–Crippen LogP) is 4.91. The van der Waals surface area contributed by atoms with Crippen molar-refractivity contribution in [2.75, 3.05) is 34.9 Å². The van der Waals surface area contributed by atoms with Crippen molar-refractivity contribution < 1.29 is 61.6 Å². The Morgan fingerprint density at radius 3 is 1.72 bits per heavy atom. The van der Waals surface area contributed by atoms with Crippen molar-refractivity contribution in [2.24, 2.45) is 0 Å². The predicted molar refractivity (Wildman–Crippen MR) is 212 cm³/mol. The Morgan fingerprint density at radius 1 is 0.683 bits per heavy atom. The van der Waals surface area contributed by atoms with Gasteiger partial charge in [-0.1, -0.05) is 0 Å². The monoisotopic (exact) mass is 840 g/mol. The van der Waals surface area contributed by atoms with Gasteiger partial charge < -0.3 is 46.1 Å². The number of amides is 4. The fourth-order valence-corrected chi connectivity index (χ4v) is 6.54. The second-order valence-electron chi connectivity index (χ2n) is 12.4. The second kappa shape index (κ2) is 18.4. The van der Waals surface area contributed by atoms with E-state index >= 15 is 0 Å². The molecule has 0 fully saturated rings. The lowest BCUT2D eigenvalue weighted by atomic mass is 10.1. The van der Waals surface area contributed by atoms with Gasteiger partial charge in [-0.25, -0.2) is 17.6 Å². The molecule has 0 aromatic heterocycles.